The van der Waals surface area contributed by atoms with Crippen molar-refractivity contribution in [1.29, 1.82) is 0 Å². The second-order valence-corrected chi connectivity index (χ2v) is 10.6. The van der Waals surface area contributed by atoms with Crippen molar-refractivity contribution in [1.82, 2.24) is 0 Å². The first-order chi connectivity index (χ1) is 31.1. The van der Waals surface area contributed by atoms with Gasteiger partial charge in [-0.05, 0) is 112 Å². The molecule has 0 unspecified atom stereocenters. The molecule has 0 fully saturated rings. The fraction of sp³-hybridized carbons (Fsp3) is 0.0698. The zero-order valence-corrected chi connectivity index (χ0v) is 22.5. The van der Waals surface area contributed by atoms with E-state index in [1.54, 1.807) is 13.8 Å². The number of hydrogen-bond donors (Lipinski definition) is 0. The van der Waals surface area contributed by atoms with Crippen LogP contribution < -0.4 is 0 Å². The maximum absolute atomic E-state index is 9.80. The van der Waals surface area contributed by atoms with E-state index >= 15 is 0 Å². The maximum Gasteiger partial charge on any atom is 0.0636 e. The summed E-state index contributed by atoms with van der Waals surface area (Å²) < 4.78 is 216. The molecule has 0 heteroatoms. The molecular weight excluding hydrogens is 516 g/mol. The lowest BCUT2D eigenvalue weighted by Gasteiger charge is -2.22. The Kier molecular flexibility index (Phi) is 2.17. The van der Waals surface area contributed by atoms with Crippen LogP contribution in [-0.4, -0.2) is 0 Å². The van der Waals surface area contributed by atoms with Crippen LogP contribution in [0.25, 0.3) is 76.5 Å². The van der Waals surface area contributed by atoms with Gasteiger partial charge in [0.1, 0.15) is 0 Å². The molecule has 0 aliphatic heterocycles. The molecule has 0 saturated heterocycles. The number of fused-ring (bicyclic) bond motifs is 8. The third kappa shape index (κ3) is 3.57. The summed E-state index contributed by atoms with van der Waals surface area (Å²) in [4.78, 5) is 0. The molecule has 0 N–H and O–H groups in total. The lowest BCUT2D eigenvalue weighted by molar-refractivity contribution is 0.660. The van der Waals surface area contributed by atoms with Gasteiger partial charge in [-0.2, -0.15) is 0 Å². The van der Waals surface area contributed by atoms with Crippen LogP contribution in [0.1, 0.15) is 57.9 Å². The van der Waals surface area contributed by atoms with Gasteiger partial charge in [0, 0.05) is 5.41 Å². The zero-order chi connectivity index (χ0) is 49.6. The number of rotatable bonds is 2. The second kappa shape index (κ2) is 8.90. The Hall–Kier alpha value is -5.20. The standard InChI is InChI=1S/C43H30/c1-43(2)40-14-8-7-13-36(40)37-21-20-30(26-41(37)43)29-17-15-27-16-18-32(24-33(27)23-29)42-35-12-6-4-10-31(35)25-39-34-11-5-3-9-28(34)19-22-38(39)42/h3-26H,1-2H3/i3D,4D,5D,6D,7D,8D,9D,10D,11D,12D,13D,14D,15D,16D,17D,18D,19D,20D,21D,22D,23D,24D,25D,26D. The van der Waals surface area contributed by atoms with Crippen LogP contribution >= 0.6 is 0 Å². The van der Waals surface area contributed by atoms with Crippen LogP contribution in [0.4, 0.5) is 0 Å². The molecule has 0 aromatic heterocycles. The van der Waals surface area contributed by atoms with E-state index in [0.717, 1.165) is 0 Å². The van der Waals surface area contributed by atoms with Gasteiger partial charge in [-0.25, -0.2) is 0 Å². The van der Waals surface area contributed by atoms with Gasteiger partial charge in [0.25, 0.3) is 0 Å². The van der Waals surface area contributed by atoms with Crippen molar-refractivity contribution in [3.63, 3.8) is 0 Å². The summed E-state index contributed by atoms with van der Waals surface area (Å²) in [5.74, 6) is 0. The van der Waals surface area contributed by atoms with E-state index in [9.17, 15) is 15.1 Å². The molecule has 0 spiro atoms. The minimum Gasteiger partial charge on any atom is -0.0619 e. The van der Waals surface area contributed by atoms with Gasteiger partial charge >= 0.3 is 0 Å². The molecule has 0 nitrogen and oxygen atoms in total. The van der Waals surface area contributed by atoms with Crippen LogP contribution in [0.5, 0.6) is 0 Å². The average Bonchev–Trinajstić information content (AvgIpc) is 3.53. The molecule has 9 rings (SSSR count). The fourth-order valence-corrected chi connectivity index (χ4v) is 5.72. The van der Waals surface area contributed by atoms with E-state index < -0.39 is 216 Å². The maximum atomic E-state index is 9.80. The van der Waals surface area contributed by atoms with E-state index in [4.69, 9.17) is 17.8 Å². The molecule has 0 amide bonds. The van der Waals surface area contributed by atoms with Crippen molar-refractivity contribution < 1.29 is 32.9 Å². The highest BCUT2D eigenvalue weighted by molar-refractivity contribution is 6.20. The van der Waals surface area contributed by atoms with Gasteiger partial charge in [-0.1, -0.05) is 135 Å². The summed E-state index contributed by atoms with van der Waals surface area (Å²) in [7, 11) is 0. The molecule has 1 aliphatic rings. The molecule has 0 atom stereocenters. The zero-order valence-electron chi connectivity index (χ0n) is 46.5. The lowest BCUT2D eigenvalue weighted by Crippen LogP contribution is -2.14. The summed E-state index contributed by atoms with van der Waals surface area (Å²) in [6, 6.07) is -18.4. The summed E-state index contributed by atoms with van der Waals surface area (Å²) in [5, 5.41) is -4.52. The second-order valence-electron chi connectivity index (χ2n) is 10.6. The molecule has 0 radical (unpaired) electrons. The molecular formula is C43H30. The van der Waals surface area contributed by atoms with Crippen LogP contribution in [-0.2, 0) is 5.41 Å². The van der Waals surface area contributed by atoms with E-state index in [-0.39, 0.29) is 22.3 Å². The van der Waals surface area contributed by atoms with Crippen molar-refractivity contribution in [3.8, 4) is 33.4 Å². The first kappa shape index (κ1) is 10.5. The van der Waals surface area contributed by atoms with Gasteiger partial charge in [0.2, 0.25) is 0 Å². The first-order valence-electron chi connectivity index (χ1n) is 25.2. The minimum atomic E-state index is -1.44. The quantitative estimate of drug-likeness (QED) is 0.143. The Balaban J connectivity index is 1.51. The summed E-state index contributed by atoms with van der Waals surface area (Å²) in [6.45, 7) is 3.09. The average molecular weight is 571 g/mol. The number of hydrogen-bond acceptors (Lipinski definition) is 0. The normalized spacial score (nSPS) is 21.3. The van der Waals surface area contributed by atoms with E-state index in [1.807, 2.05) is 0 Å². The highest BCUT2D eigenvalue weighted by atomic mass is 14.4. The van der Waals surface area contributed by atoms with Gasteiger partial charge in [-0.15, -0.1) is 0 Å². The first-order valence-corrected chi connectivity index (χ1v) is 13.2. The van der Waals surface area contributed by atoms with E-state index in [1.165, 1.54) is 0 Å². The molecule has 202 valence electrons. The largest absolute Gasteiger partial charge is 0.0636 e. The molecule has 0 bridgehead atoms. The van der Waals surface area contributed by atoms with Gasteiger partial charge < -0.3 is 0 Å². The molecule has 0 saturated carbocycles. The third-order valence-electron chi connectivity index (χ3n) is 7.81. The van der Waals surface area contributed by atoms with Crippen LogP contribution in [0.15, 0.2) is 145 Å². The van der Waals surface area contributed by atoms with Crippen LogP contribution in [0.3, 0.4) is 0 Å². The Morgan fingerprint density at radius 1 is 0.395 bits per heavy atom. The lowest BCUT2D eigenvalue weighted by atomic mass is 9.81. The van der Waals surface area contributed by atoms with Crippen molar-refractivity contribution in [2.75, 3.05) is 0 Å². The van der Waals surface area contributed by atoms with Crippen LogP contribution in [0, 0.1) is 0 Å². The van der Waals surface area contributed by atoms with Crippen molar-refractivity contribution in [2.24, 2.45) is 0 Å². The highest BCUT2D eigenvalue weighted by Gasteiger charge is 2.35. The predicted octanol–water partition coefficient (Wildman–Crippen LogP) is 11.9. The van der Waals surface area contributed by atoms with Crippen molar-refractivity contribution >= 4 is 43.1 Å². The van der Waals surface area contributed by atoms with Gasteiger partial charge in [0.15, 0.2) is 0 Å². The molecule has 8 aromatic carbocycles. The Labute approximate surface area is 285 Å². The Morgan fingerprint density at radius 2 is 1.02 bits per heavy atom. The summed E-state index contributed by atoms with van der Waals surface area (Å²) in [6.07, 6.45) is 0. The fourth-order valence-electron chi connectivity index (χ4n) is 5.72. The summed E-state index contributed by atoms with van der Waals surface area (Å²) in [5.41, 5.74) is -4.26. The Bertz CT molecular complexity index is 3760. The van der Waals surface area contributed by atoms with E-state index in [2.05, 4.69) is 0 Å². The van der Waals surface area contributed by atoms with Crippen molar-refractivity contribution in [2.45, 2.75) is 19.3 Å². The van der Waals surface area contributed by atoms with E-state index in [0.29, 0.717) is 0 Å². The third-order valence-corrected chi connectivity index (χ3v) is 7.81. The molecule has 43 heavy (non-hydrogen) atoms. The molecule has 1 aliphatic carbocycles. The highest BCUT2D eigenvalue weighted by Crippen LogP contribution is 2.49. The topological polar surface area (TPSA) is 0 Å². The Morgan fingerprint density at radius 3 is 1.91 bits per heavy atom. The monoisotopic (exact) mass is 570 g/mol. The molecule has 8 aromatic rings. The smallest absolute Gasteiger partial charge is 0.0619 e. The summed E-state index contributed by atoms with van der Waals surface area (Å²) >= 11 is 0. The minimum absolute atomic E-state index is 0.0351. The SMILES string of the molecule is [2H]c1c([2H])c([2H])c2c(c1[2H])-c1c([2H])c([2H])c(-c3c([2H])c([2H])c4c([2H])c([2H])c(-c5c6c([2H])c([2H])c([2H])c([2H])c6c([2H])c6c5c([2H])c([2H])c5c([2H])c([2H])c([2H])c([2H])c56)c([2H])c4c3[2H])c([2H])c1C2(C)C. The van der Waals surface area contributed by atoms with Crippen molar-refractivity contribution in [3.05, 3.63) is 156 Å². The van der Waals surface area contributed by atoms with Crippen LogP contribution in [0.2, 0.25) is 0 Å². The molecule has 0 heterocycles. The van der Waals surface area contributed by atoms with Gasteiger partial charge in [-0.3, -0.25) is 0 Å². The number of benzene rings is 8. The predicted molar refractivity (Wildman–Crippen MR) is 185 cm³/mol. The van der Waals surface area contributed by atoms with Gasteiger partial charge in [0.05, 0.1) is 32.9 Å².